The molecule has 0 heteroatoms. The molecule has 0 bridgehead atoms. The highest BCUT2D eigenvalue weighted by atomic mass is 14.2. The van der Waals surface area contributed by atoms with Gasteiger partial charge < -0.3 is 0 Å². The van der Waals surface area contributed by atoms with E-state index in [2.05, 4.69) is 55.4 Å². The molecule has 21 heavy (non-hydrogen) atoms. The highest BCUT2D eigenvalue weighted by molar-refractivity contribution is 5.13. The Labute approximate surface area is 135 Å². The lowest BCUT2D eigenvalue weighted by atomic mass is 9.81. The molecule has 0 amide bonds. The van der Waals surface area contributed by atoms with Gasteiger partial charge in [-0.1, -0.05) is 84.8 Å². The summed E-state index contributed by atoms with van der Waals surface area (Å²) in [5.41, 5.74) is 3.32. The summed E-state index contributed by atoms with van der Waals surface area (Å²) in [6.45, 7) is 19.0. The van der Waals surface area contributed by atoms with E-state index in [-0.39, 0.29) is 0 Å². The van der Waals surface area contributed by atoms with Gasteiger partial charge in [0, 0.05) is 0 Å². The van der Waals surface area contributed by atoms with Crippen LogP contribution in [-0.2, 0) is 0 Å². The first-order valence-corrected chi connectivity index (χ1v) is 9.47. The summed E-state index contributed by atoms with van der Waals surface area (Å²) in [5.74, 6) is 3.37. The van der Waals surface area contributed by atoms with Crippen molar-refractivity contribution in [2.75, 3.05) is 0 Å². The van der Waals surface area contributed by atoms with Crippen LogP contribution in [0.1, 0.15) is 100 Å². The van der Waals surface area contributed by atoms with Gasteiger partial charge in [0.1, 0.15) is 0 Å². The third kappa shape index (κ3) is 9.38. The molecule has 0 fully saturated rings. The fraction of sp³-hybridized carbons (Fsp3) is 0.905. The summed E-state index contributed by atoms with van der Waals surface area (Å²) < 4.78 is 0. The summed E-state index contributed by atoms with van der Waals surface area (Å²) in [4.78, 5) is 0. The first kappa shape index (κ1) is 20.7. The number of allylic oxidation sites excluding steroid dienone is 2. The minimum atomic E-state index is 0.766. The van der Waals surface area contributed by atoms with E-state index in [1.54, 1.807) is 11.1 Å². The van der Waals surface area contributed by atoms with Crippen LogP contribution in [0.2, 0.25) is 0 Å². The number of hydrogen-bond donors (Lipinski definition) is 0. The van der Waals surface area contributed by atoms with Gasteiger partial charge in [-0.3, -0.25) is 0 Å². The molecule has 4 unspecified atom stereocenters. The van der Waals surface area contributed by atoms with E-state index in [0.29, 0.717) is 0 Å². The number of hydrogen-bond acceptors (Lipinski definition) is 0. The Balaban J connectivity index is 4.46. The van der Waals surface area contributed by atoms with E-state index < -0.39 is 0 Å². The number of rotatable bonds is 11. The zero-order chi connectivity index (χ0) is 16.4. The van der Waals surface area contributed by atoms with Crippen molar-refractivity contribution < 1.29 is 0 Å². The smallest absolute Gasteiger partial charge is 0.0227 e. The molecular formula is C21H42. The molecule has 0 saturated carbocycles. The standard InChI is InChI=1S/C21H42/c1-9-11-18(6)14-20(8)21(16(3)4)15-19(7)13-12-17(5)10-2/h17-20H,9-15H2,1-8H3. The highest BCUT2D eigenvalue weighted by Gasteiger charge is 2.17. The molecule has 0 aliphatic heterocycles. The molecule has 0 saturated heterocycles. The van der Waals surface area contributed by atoms with Crippen molar-refractivity contribution in [1.29, 1.82) is 0 Å². The lowest BCUT2D eigenvalue weighted by Gasteiger charge is -2.24. The van der Waals surface area contributed by atoms with E-state index in [4.69, 9.17) is 0 Å². The van der Waals surface area contributed by atoms with Gasteiger partial charge in [-0.25, -0.2) is 0 Å². The molecular weight excluding hydrogens is 252 g/mol. The van der Waals surface area contributed by atoms with Crippen molar-refractivity contribution in [3.63, 3.8) is 0 Å². The van der Waals surface area contributed by atoms with Gasteiger partial charge in [-0.15, -0.1) is 0 Å². The van der Waals surface area contributed by atoms with Crippen LogP contribution in [0.3, 0.4) is 0 Å². The molecule has 0 aromatic heterocycles. The van der Waals surface area contributed by atoms with Crippen LogP contribution in [0.25, 0.3) is 0 Å². The fourth-order valence-corrected chi connectivity index (χ4v) is 3.51. The molecule has 126 valence electrons. The van der Waals surface area contributed by atoms with Crippen LogP contribution in [0.4, 0.5) is 0 Å². The van der Waals surface area contributed by atoms with Gasteiger partial charge in [0.2, 0.25) is 0 Å². The van der Waals surface area contributed by atoms with E-state index >= 15 is 0 Å². The quantitative estimate of drug-likeness (QED) is 0.343. The molecule has 0 aromatic carbocycles. The molecule has 0 heterocycles. The van der Waals surface area contributed by atoms with Crippen LogP contribution in [0.5, 0.6) is 0 Å². The molecule has 0 N–H and O–H groups in total. The Hall–Kier alpha value is -0.260. The second-order valence-corrected chi connectivity index (χ2v) is 7.96. The van der Waals surface area contributed by atoms with E-state index in [0.717, 1.165) is 23.7 Å². The maximum absolute atomic E-state index is 2.45. The summed E-state index contributed by atoms with van der Waals surface area (Å²) in [6, 6.07) is 0. The fourth-order valence-electron chi connectivity index (χ4n) is 3.51. The van der Waals surface area contributed by atoms with E-state index in [9.17, 15) is 0 Å². The van der Waals surface area contributed by atoms with Crippen LogP contribution in [0.15, 0.2) is 11.1 Å². The third-order valence-corrected chi connectivity index (χ3v) is 5.19. The van der Waals surface area contributed by atoms with Crippen molar-refractivity contribution in [3.8, 4) is 0 Å². The Kier molecular flexibility index (Phi) is 11.2. The van der Waals surface area contributed by atoms with Gasteiger partial charge >= 0.3 is 0 Å². The van der Waals surface area contributed by atoms with Crippen LogP contribution in [0, 0.1) is 23.7 Å². The van der Waals surface area contributed by atoms with Crippen molar-refractivity contribution in [2.45, 2.75) is 100 Å². The predicted molar refractivity (Wildman–Crippen MR) is 98.7 cm³/mol. The van der Waals surface area contributed by atoms with E-state index in [1.807, 2.05) is 0 Å². The first-order chi connectivity index (χ1) is 9.81. The molecule has 0 aliphatic rings. The van der Waals surface area contributed by atoms with Crippen LogP contribution >= 0.6 is 0 Å². The lowest BCUT2D eigenvalue weighted by Crippen LogP contribution is -2.11. The monoisotopic (exact) mass is 294 g/mol. The second kappa shape index (κ2) is 11.3. The molecule has 4 atom stereocenters. The van der Waals surface area contributed by atoms with Gasteiger partial charge in [-0.2, -0.15) is 0 Å². The minimum Gasteiger partial charge on any atom is -0.0770 e. The van der Waals surface area contributed by atoms with Crippen molar-refractivity contribution >= 4 is 0 Å². The SMILES string of the molecule is CCCC(C)CC(C)C(CC(C)CCC(C)CC)=C(C)C. The largest absolute Gasteiger partial charge is 0.0770 e. The maximum atomic E-state index is 2.45. The summed E-state index contributed by atoms with van der Waals surface area (Å²) in [7, 11) is 0. The summed E-state index contributed by atoms with van der Waals surface area (Å²) in [5, 5.41) is 0. The average molecular weight is 295 g/mol. The topological polar surface area (TPSA) is 0 Å². The van der Waals surface area contributed by atoms with E-state index in [1.165, 1.54) is 44.9 Å². The van der Waals surface area contributed by atoms with Gasteiger partial charge in [0.05, 0.1) is 0 Å². The summed E-state index contributed by atoms with van der Waals surface area (Å²) in [6.07, 6.45) is 9.50. The Bertz CT molecular complexity index is 282. The molecule has 0 aromatic rings. The Morgan fingerprint density at radius 3 is 1.81 bits per heavy atom. The van der Waals surface area contributed by atoms with Crippen molar-refractivity contribution in [2.24, 2.45) is 23.7 Å². The lowest BCUT2D eigenvalue weighted by molar-refractivity contribution is 0.383. The summed E-state index contributed by atoms with van der Waals surface area (Å²) >= 11 is 0. The zero-order valence-corrected chi connectivity index (χ0v) is 16.3. The Morgan fingerprint density at radius 1 is 0.762 bits per heavy atom. The molecule has 0 radical (unpaired) electrons. The molecule has 0 aliphatic carbocycles. The van der Waals surface area contributed by atoms with Crippen LogP contribution < -0.4 is 0 Å². The van der Waals surface area contributed by atoms with Gasteiger partial charge in [0.25, 0.3) is 0 Å². The zero-order valence-electron chi connectivity index (χ0n) is 16.3. The van der Waals surface area contributed by atoms with Crippen molar-refractivity contribution in [3.05, 3.63) is 11.1 Å². The maximum Gasteiger partial charge on any atom is -0.0227 e. The van der Waals surface area contributed by atoms with Crippen LogP contribution in [-0.4, -0.2) is 0 Å². The third-order valence-electron chi connectivity index (χ3n) is 5.19. The van der Waals surface area contributed by atoms with Crippen molar-refractivity contribution in [1.82, 2.24) is 0 Å². The molecule has 0 rings (SSSR count). The minimum absolute atomic E-state index is 0.766. The first-order valence-electron chi connectivity index (χ1n) is 9.47. The molecule has 0 nitrogen and oxygen atoms in total. The highest BCUT2D eigenvalue weighted by Crippen LogP contribution is 2.31. The average Bonchev–Trinajstić information content (AvgIpc) is 2.41. The predicted octanol–water partition coefficient (Wildman–Crippen LogP) is 7.64. The molecule has 0 spiro atoms. The second-order valence-electron chi connectivity index (χ2n) is 7.96. The van der Waals surface area contributed by atoms with Gasteiger partial charge in [-0.05, 0) is 50.4 Å². The van der Waals surface area contributed by atoms with Gasteiger partial charge in [0.15, 0.2) is 0 Å². The normalized spacial score (nSPS) is 17.1. The Morgan fingerprint density at radius 2 is 1.33 bits per heavy atom.